The molecule has 1 saturated carbocycles. The largest absolute Gasteiger partial charge is 0.437 e. The highest BCUT2D eigenvalue weighted by atomic mass is 28.5. The average molecular weight is 306 g/mol. The van der Waals surface area contributed by atoms with Crippen LogP contribution in [0.15, 0.2) is 0 Å². The van der Waals surface area contributed by atoms with Crippen LogP contribution in [-0.4, -0.2) is 33.3 Å². The third-order valence-electron chi connectivity index (χ3n) is 3.23. The molecule has 0 aliphatic heterocycles. The van der Waals surface area contributed by atoms with E-state index in [0.29, 0.717) is 0 Å². The van der Waals surface area contributed by atoms with Crippen LogP contribution in [0.1, 0.15) is 32.1 Å². The monoisotopic (exact) mass is 305 g/mol. The first kappa shape index (κ1) is 16.6. The first-order valence-corrected chi connectivity index (χ1v) is 14.8. The molecule has 0 aromatic carbocycles. The summed E-state index contributed by atoms with van der Waals surface area (Å²) in [6.07, 6.45) is 7.11. The van der Waals surface area contributed by atoms with Gasteiger partial charge in [0, 0.05) is 0 Å². The summed E-state index contributed by atoms with van der Waals surface area (Å²) in [4.78, 5) is 3.58. The van der Waals surface area contributed by atoms with Crippen LogP contribution in [0, 0.1) is 5.92 Å². The van der Waals surface area contributed by atoms with Gasteiger partial charge in [-0.1, -0.05) is 19.3 Å². The maximum Gasteiger partial charge on any atom is 0.311 e. The van der Waals surface area contributed by atoms with E-state index in [1.807, 2.05) is 0 Å². The van der Waals surface area contributed by atoms with Crippen molar-refractivity contribution in [3.05, 3.63) is 0 Å². The smallest absolute Gasteiger partial charge is 0.311 e. The lowest BCUT2D eigenvalue weighted by molar-refractivity contribution is 0.350. The van der Waals surface area contributed by atoms with E-state index < -0.39 is 26.8 Å². The lowest BCUT2D eigenvalue weighted by Gasteiger charge is -2.31. The Morgan fingerprint density at radius 3 is 2.22 bits per heavy atom. The predicted molar refractivity (Wildman–Crippen MR) is 86.1 cm³/mol. The van der Waals surface area contributed by atoms with Gasteiger partial charge in [-0.3, -0.25) is 0 Å². The summed E-state index contributed by atoms with van der Waals surface area (Å²) >= 11 is 0. The molecule has 0 bridgehead atoms. The Balaban J connectivity index is 2.12. The normalized spacial score (nSPS) is 19.8. The lowest BCUT2D eigenvalue weighted by Crippen LogP contribution is -2.47. The van der Waals surface area contributed by atoms with Crippen molar-refractivity contribution in [3.8, 4) is 0 Å². The number of nitrogens with one attached hydrogen (secondary N) is 1. The first-order valence-electron chi connectivity index (χ1n) is 7.33. The molecule has 1 fully saturated rings. The molecule has 0 aromatic rings. The van der Waals surface area contributed by atoms with Crippen LogP contribution in [0.5, 0.6) is 0 Å². The molecule has 18 heavy (non-hydrogen) atoms. The van der Waals surface area contributed by atoms with Crippen molar-refractivity contribution in [1.29, 1.82) is 0 Å². The van der Waals surface area contributed by atoms with Crippen LogP contribution in [0.3, 0.4) is 0 Å². The summed E-state index contributed by atoms with van der Waals surface area (Å²) in [5.41, 5.74) is 0. The lowest BCUT2D eigenvalue weighted by atomic mass is 9.90. The summed E-state index contributed by atoms with van der Waals surface area (Å²) in [5, 5.41) is 0. The Morgan fingerprint density at radius 1 is 1.06 bits per heavy atom. The topological polar surface area (TPSA) is 30.5 Å². The molecule has 0 radical (unpaired) electrons. The van der Waals surface area contributed by atoms with Gasteiger partial charge in [0.25, 0.3) is 0 Å². The molecule has 0 saturated heterocycles. The molecule has 0 atom stereocenters. The van der Waals surface area contributed by atoms with Gasteiger partial charge >= 0.3 is 8.56 Å². The third-order valence-corrected chi connectivity index (χ3v) is 11.5. The van der Waals surface area contributed by atoms with Crippen LogP contribution in [0.2, 0.25) is 32.7 Å². The minimum Gasteiger partial charge on any atom is -0.437 e. The standard InChI is InChI=1S/C12H31NO2Si3/c1-17(2,3)15-18(4,5)14-16-13-11-12-9-7-6-8-10-12/h12-13H,6-11,16H2,1-5H3. The second-order valence-electron chi connectivity index (χ2n) is 6.86. The highest BCUT2D eigenvalue weighted by Gasteiger charge is 2.31. The maximum absolute atomic E-state index is 6.17. The Morgan fingerprint density at radius 2 is 1.67 bits per heavy atom. The van der Waals surface area contributed by atoms with Gasteiger partial charge in [-0.2, -0.15) is 0 Å². The summed E-state index contributed by atoms with van der Waals surface area (Å²) in [6, 6.07) is 0. The fourth-order valence-corrected chi connectivity index (χ4v) is 11.6. The SMILES string of the molecule is C[Si](C)(C)O[Si](C)(C)O[SiH2]NCC1CCCCC1. The minimum atomic E-state index is -1.86. The molecular weight excluding hydrogens is 274 g/mol. The molecule has 108 valence electrons. The second-order valence-corrected chi connectivity index (χ2v) is 16.6. The minimum absolute atomic E-state index is 0.598. The van der Waals surface area contributed by atoms with Gasteiger partial charge in [-0.05, 0) is 58.0 Å². The number of hydrogen-bond acceptors (Lipinski definition) is 3. The zero-order chi connectivity index (χ0) is 13.6. The molecule has 1 rings (SSSR count). The quantitative estimate of drug-likeness (QED) is 0.579. The molecule has 6 heteroatoms. The van der Waals surface area contributed by atoms with Crippen molar-refractivity contribution in [2.45, 2.75) is 64.8 Å². The summed E-state index contributed by atoms with van der Waals surface area (Å²) in [6.45, 7) is 12.2. The van der Waals surface area contributed by atoms with E-state index in [2.05, 4.69) is 37.7 Å². The molecule has 0 unspecified atom stereocenters. The molecule has 0 heterocycles. The van der Waals surface area contributed by atoms with Crippen LogP contribution in [0.4, 0.5) is 0 Å². The number of rotatable bonds is 7. The van der Waals surface area contributed by atoms with Crippen molar-refractivity contribution in [1.82, 2.24) is 4.98 Å². The van der Waals surface area contributed by atoms with Gasteiger partial charge in [0.05, 0.1) is 0 Å². The number of hydrogen-bond donors (Lipinski definition) is 1. The fourth-order valence-electron chi connectivity index (χ4n) is 2.65. The Kier molecular flexibility index (Phi) is 6.77. The van der Waals surface area contributed by atoms with Crippen molar-refractivity contribution in [2.24, 2.45) is 5.92 Å². The highest BCUT2D eigenvalue weighted by Crippen LogP contribution is 2.22. The Bertz CT molecular complexity index is 238. The molecular formula is C12H31NO2Si3. The van der Waals surface area contributed by atoms with Crippen LogP contribution in [0.25, 0.3) is 0 Å². The molecule has 0 amide bonds. The van der Waals surface area contributed by atoms with E-state index in [1.54, 1.807) is 0 Å². The predicted octanol–water partition coefficient (Wildman–Crippen LogP) is 2.73. The van der Waals surface area contributed by atoms with Crippen molar-refractivity contribution in [2.75, 3.05) is 6.54 Å². The molecule has 3 nitrogen and oxygen atoms in total. The first-order chi connectivity index (χ1) is 8.29. The molecule has 1 aliphatic rings. The fraction of sp³-hybridized carbons (Fsp3) is 1.00. The highest BCUT2D eigenvalue weighted by molar-refractivity contribution is 6.82. The Labute approximate surface area is 117 Å². The van der Waals surface area contributed by atoms with E-state index in [1.165, 1.54) is 38.6 Å². The van der Waals surface area contributed by atoms with E-state index in [4.69, 9.17) is 8.23 Å². The van der Waals surface area contributed by atoms with Crippen LogP contribution < -0.4 is 4.98 Å². The van der Waals surface area contributed by atoms with E-state index in [0.717, 1.165) is 5.92 Å². The van der Waals surface area contributed by atoms with Gasteiger partial charge in [0.1, 0.15) is 0 Å². The summed E-state index contributed by atoms with van der Waals surface area (Å²) in [5.74, 6) is 0.900. The van der Waals surface area contributed by atoms with Crippen molar-refractivity contribution < 1.29 is 8.23 Å². The van der Waals surface area contributed by atoms with E-state index >= 15 is 0 Å². The zero-order valence-corrected chi connectivity index (χ0v) is 16.3. The van der Waals surface area contributed by atoms with Crippen LogP contribution in [-0.2, 0) is 8.23 Å². The van der Waals surface area contributed by atoms with E-state index in [9.17, 15) is 0 Å². The average Bonchev–Trinajstić information content (AvgIpc) is 2.23. The van der Waals surface area contributed by atoms with Gasteiger partial charge in [0.2, 0.25) is 9.92 Å². The molecule has 0 spiro atoms. The molecule has 1 N–H and O–H groups in total. The maximum atomic E-state index is 6.17. The second kappa shape index (κ2) is 7.35. The van der Waals surface area contributed by atoms with Crippen LogP contribution >= 0.6 is 0 Å². The molecule has 1 aliphatic carbocycles. The summed E-state index contributed by atoms with van der Waals surface area (Å²) < 4.78 is 12.2. The van der Waals surface area contributed by atoms with Gasteiger partial charge in [-0.25, -0.2) is 0 Å². The van der Waals surface area contributed by atoms with Gasteiger partial charge in [-0.15, -0.1) is 0 Å². The van der Waals surface area contributed by atoms with Crippen molar-refractivity contribution >= 4 is 26.8 Å². The van der Waals surface area contributed by atoms with Gasteiger partial charge in [0.15, 0.2) is 8.32 Å². The van der Waals surface area contributed by atoms with Crippen molar-refractivity contribution in [3.63, 3.8) is 0 Å². The summed E-state index contributed by atoms with van der Waals surface area (Å²) in [7, 11) is -3.92. The van der Waals surface area contributed by atoms with Gasteiger partial charge < -0.3 is 13.2 Å². The van der Waals surface area contributed by atoms with E-state index in [-0.39, 0.29) is 0 Å². The molecule has 0 aromatic heterocycles. The third kappa shape index (κ3) is 7.85. The Hall–Kier alpha value is 0.531. The zero-order valence-electron chi connectivity index (χ0n) is 12.8.